The third kappa shape index (κ3) is 3.55. The second-order valence-corrected chi connectivity index (χ2v) is 6.62. The Morgan fingerprint density at radius 1 is 1.16 bits per heavy atom. The monoisotopic (exact) mass is 340 g/mol. The molecule has 0 atom stereocenters. The third-order valence-corrected chi connectivity index (χ3v) is 4.28. The molecule has 0 bridgehead atoms. The molecule has 0 spiro atoms. The minimum absolute atomic E-state index is 0.110. The van der Waals surface area contributed by atoms with Crippen LogP contribution in [0, 0.1) is 11.7 Å². The van der Waals surface area contributed by atoms with Crippen molar-refractivity contribution in [2.45, 2.75) is 20.3 Å². The molecule has 0 fully saturated rings. The maximum atomic E-state index is 13.1. The van der Waals surface area contributed by atoms with E-state index in [-0.39, 0.29) is 17.6 Å². The van der Waals surface area contributed by atoms with Crippen molar-refractivity contribution >= 4 is 17.5 Å². The predicted molar refractivity (Wildman–Crippen MR) is 95.4 cm³/mol. The Balaban J connectivity index is 1.85. The number of carbonyl (C=O) groups is 2. The fourth-order valence-corrected chi connectivity index (χ4v) is 3.00. The van der Waals surface area contributed by atoms with Gasteiger partial charge < -0.3 is 10.2 Å². The van der Waals surface area contributed by atoms with E-state index >= 15 is 0 Å². The first-order chi connectivity index (χ1) is 12.0. The minimum atomic E-state index is -0.373. The molecular formula is C20H21FN2O2. The van der Waals surface area contributed by atoms with Gasteiger partial charge in [-0.25, -0.2) is 4.39 Å². The average Bonchev–Trinajstić information content (AvgIpc) is 3.03. The van der Waals surface area contributed by atoms with Gasteiger partial charge in [-0.05, 0) is 54.3 Å². The predicted octanol–water partition coefficient (Wildman–Crippen LogP) is 3.41. The van der Waals surface area contributed by atoms with Crippen molar-refractivity contribution in [1.29, 1.82) is 0 Å². The van der Waals surface area contributed by atoms with Crippen molar-refractivity contribution in [3.63, 3.8) is 0 Å². The molecule has 5 heteroatoms. The van der Waals surface area contributed by atoms with Gasteiger partial charge in [0.05, 0.1) is 0 Å². The van der Waals surface area contributed by atoms with E-state index in [1.807, 2.05) is 19.9 Å². The Morgan fingerprint density at radius 2 is 1.88 bits per heavy atom. The lowest BCUT2D eigenvalue weighted by Gasteiger charge is -2.18. The summed E-state index contributed by atoms with van der Waals surface area (Å²) in [5.41, 5.74) is 2.70. The molecule has 1 heterocycles. The number of hydrogen-bond donors (Lipinski definition) is 1. The SMILES string of the molecule is CC(C)CNC(=O)c1cccc2c1CCN2C(=O)c1ccc(F)cc1. The summed E-state index contributed by atoms with van der Waals surface area (Å²) >= 11 is 0. The molecule has 0 aromatic heterocycles. The van der Waals surface area contributed by atoms with E-state index in [4.69, 9.17) is 0 Å². The molecule has 2 aromatic carbocycles. The van der Waals surface area contributed by atoms with Crippen molar-refractivity contribution in [3.8, 4) is 0 Å². The van der Waals surface area contributed by atoms with Crippen LogP contribution in [0.5, 0.6) is 0 Å². The minimum Gasteiger partial charge on any atom is -0.352 e. The molecule has 2 amide bonds. The molecule has 25 heavy (non-hydrogen) atoms. The van der Waals surface area contributed by atoms with Gasteiger partial charge in [0.15, 0.2) is 0 Å². The Morgan fingerprint density at radius 3 is 2.56 bits per heavy atom. The topological polar surface area (TPSA) is 49.4 Å². The number of rotatable bonds is 4. The molecule has 1 N–H and O–H groups in total. The van der Waals surface area contributed by atoms with Crippen LogP contribution in [-0.2, 0) is 6.42 Å². The van der Waals surface area contributed by atoms with Gasteiger partial charge in [0.25, 0.3) is 11.8 Å². The lowest BCUT2D eigenvalue weighted by atomic mass is 10.0. The van der Waals surface area contributed by atoms with E-state index in [0.717, 1.165) is 11.3 Å². The lowest BCUT2D eigenvalue weighted by molar-refractivity contribution is 0.0946. The maximum Gasteiger partial charge on any atom is 0.258 e. The largest absolute Gasteiger partial charge is 0.352 e. The molecule has 3 rings (SSSR count). The normalized spacial score (nSPS) is 13.0. The Labute approximate surface area is 146 Å². The number of anilines is 1. The molecular weight excluding hydrogens is 319 g/mol. The van der Waals surface area contributed by atoms with E-state index in [0.29, 0.717) is 36.6 Å². The molecule has 0 unspecified atom stereocenters. The highest BCUT2D eigenvalue weighted by molar-refractivity contribution is 6.08. The van der Waals surface area contributed by atoms with Crippen molar-refractivity contribution in [3.05, 3.63) is 65.0 Å². The smallest absolute Gasteiger partial charge is 0.258 e. The van der Waals surface area contributed by atoms with Crippen LogP contribution < -0.4 is 10.2 Å². The van der Waals surface area contributed by atoms with Crippen LogP contribution in [0.3, 0.4) is 0 Å². The summed E-state index contributed by atoms with van der Waals surface area (Å²) in [6.45, 7) is 5.21. The van der Waals surface area contributed by atoms with Gasteiger partial charge in [0.2, 0.25) is 0 Å². The van der Waals surface area contributed by atoms with Crippen molar-refractivity contribution in [1.82, 2.24) is 5.32 Å². The maximum absolute atomic E-state index is 13.1. The fourth-order valence-electron chi connectivity index (χ4n) is 3.00. The molecule has 1 aliphatic rings. The summed E-state index contributed by atoms with van der Waals surface area (Å²) in [5, 5.41) is 2.93. The second kappa shape index (κ2) is 7.05. The number of fused-ring (bicyclic) bond motifs is 1. The number of halogens is 1. The van der Waals surface area contributed by atoms with Gasteiger partial charge in [0.1, 0.15) is 5.82 Å². The Bertz CT molecular complexity index is 800. The van der Waals surface area contributed by atoms with E-state index in [9.17, 15) is 14.0 Å². The van der Waals surface area contributed by atoms with Crippen molar-refractivity contribution in [2.75, 3.05) is 18.0 Å². The zero-order chi connectivity index (χ0) is 18.0. The van der Waals surface area contributed by atoms with Crippen LogP contribution >= 0.6 is 0 Å². The van der Waals surface area contributed by atoms with E-state index in [2.05, 4.69) is 5.32 Å². The quantitative estimate of drug-likeness (QED) is 0.927. The summed E-state index contributed by atoms with van der Waals surface area (Å²) < 4.78 is 13.1. The van der Waals surface area contributed by atoms with Gasteiger partial charge in [-0.1, -0.05) is 19.9 Å². The van der Waals surface area contributed by atoms with Gasteiger partial charge >= 0.3 is 0 Å². The van der Waals surface area contributed by atoms with E-state index in [1.54, 1.807) is 17.0 Å². The molecule has 4 nitrogen and oxygen atoms in total. The number of hydrogen-bond acceptors (Lipinski definition) is 2. The summed E-state index contributed by atoms with van der Waals surface area (Å²) in [6, 6.07) is 11.0. The molecule has 2 aromatic rings. The highest BCUT2D eigenvalue weighted by Crippen LogP contribution is 2.32. The van der Waals surface area contributed by atoms with Gasteiger partial charge in [-0.3, -0.25) is 9.59 Å². The van der Waals surface area contributed by atoms with Crippen LogP contribution in [0.4, 0.5) is 10.1 Å². The van der Waals surface area contributed by atoms with E-state index in [1.165, 1.54) is 24.3 Å². The van der Waals surface area contributed by atoms with Gasteiger partial charge in [0, 0.05) is 29.9 Å². The molecule has 130 valence electrons. The number of carbonyl (C=O) groups excluding carboxylic acids is 2. The van der Waals surface area contributed by atoms with Gasteiger partial charge in [-0.15, -0.1) is 0 Å². The third-order valence-electron chi connectivity index (χ3n) is 4.28. The lowest BCUT2D eigenvalue weighted by Crippen LogP contribution is -2.29. The number of benzene rings is 2. The standard InChI is InChI=1S/C20H21FN2O2/c1-13(2)12-22-19(24)17-4-3-5-18-16(17)10-11-23(18)20(25)14-6-8-15(21)9-7-14/h3-9,13H,10-12H2,1-2H3,(H,22,24). The highest BCUT2D eigenvalue weighted by Gasteiger charge is 2.28. The Kier molecular flexibility index (Phi) is 4.83. The first-order valence-electron chi connectivity index (χ1n) is 8.45. The number of amides is 2. The van der Waals surface area contributed by atoms with Crippen molar-refractivity contribution < 1.29 is 14.0 Å². The van der Waals surface area contributed by atoms with Crippen LogP contribution in [0.15, 0.2) is 42.5 Å². The van der Waals surface area contributed by atoms with Gasteiger partial charge in [-0.2, -0.15) is 0 Å². The fraction of sp³-hybridized carbons (Fsp3) is 0.300. The van der Waals surface area contributed by atoms with Crippen LogP contribution in [0.2, 0.25) is 0 Å². The summed E-state index contributed by atoms with van der Waals surface area (Å²) in [7, 11) is 0. The second-order valence-electron chi connectivity index (χ2n) is 6.62. The zero-order valence-electron chi connectivity index (χ0n) is 14.4. The molecule has 0 radical (unpaired) electrons. The Hall–Kier alpha value is -2.69. The molecule has 0 aliphatic carbocycles. The van der Waals surface area contributed by atoms with Crippen LogP contribution in [-0.4, -0.2) is 24.9 Å². The average molecular weight is 340 g/mol. The first kappa shape index (κ1) is 17.1. The number of nitrogens with zero attached hydrogens (tertiary/aromatic N) is 1. The van der Waals surface area contributed by atoms with Crippen LogP contribution in [0.1, 0.15) is 40.1 Å². The summed E-state index contributed by atoms with van der Waals surface area (Å²) in [4.78, 5) is 26.8. The first-order valence-corrected chi connectivity index (χ1v) is 8.45. The summed E-state index contributed by atoms with van der Waals surface area (Å²) in [5.74, 6) is -0.292. The molecule has 0 saturated heterocycles. The zero-order valence-corrected chi connectivity index (χ0v) is 14.4. The van der Waals surface area contributed by atoms with Crippen LogP contribution in [0.25, 0.3) is 0 Å². The number of nitrogens with one attached hydrogen (secondary N) is 1. The van der Waals surface area contributed by atoms with E-state index < -0.39 is 0 Å². The van der Waals surface area contributed by atoms with Crippen molar-refractivity contribution in [2.24, 2.45) is 5.92 Å². The summed E-state index contributed by atoms with van der Waals surface area (Å²) in [6.07, 6.45) is 0.632. The molecule has 1 aliphatic heterocycles. The highest BCUT2D eigenvalue weighted by atomic mass is 19.1. The molecule has 0 saturated carbocycles.